The van der Waals surface area contributed by atoms with Crippen molar-refractivity contribution >= 4 is 11.6 Å². The number of rotatable bonds is 3. The van der Waals surface area contributed by atoms with Crippen LogP contribution in [0.5, 0.6) is 0 Å². The smallest absolute Gasteiger partial charge is 0.251 e. The number of nitriles is 1. The topological polar surface area (TPSA) is 83.1 Å². The maximum Gasteiger partial charge on any atom is 0.251 e. The maximum atomic E-state index is 12.3. The molecule has 0 spiro atoms. The van der Waals surface area contributed by atoms with E-state index in [1.807, 2.05) is 26.0 Å². The van der Waals surface area contributed by atoms with Crippen LogP contribution in [0.15, 0.2) is 42.7 Å². The largest absolute Gasteiger partial charge is 0.350 e. The summed E-state index contributed by atoms with van der Waals surface area (Å²) >= 11 is 0. The lowest BCUT2D eigenvalue weighted by Crippen LogP contribution is -2.30. The molecule has 1 N–H and O–H groups in total. The normalized spacial score (nSPS) is 10.7. The number of aromatic nitrogens is 3. The molecule has 2 aromatic heterocycles. The zero-order chi connectivity index (χ0) is 16.4. The monoisotopic (exact) mass is 305 g/mol. The highest BCUT2D eigenvalue weighted by Gasteiger charge is 2.13. The number of carbonyl (C=O) groups is 1. The minimum atomic E-state index is -0.152. The third-order valence-corrected chi connectivity index (χ3v) is 3.37. The minimum Gasteiger partial charge on any atom is -0.350 e. The minimum absolute atomic E-state index is 0.0509. The van der Waals surface area contributed by atoms with Crippen LogP contribution in [0.2, 0.25) is 0 Å². The van der Waals surface area contributed by atoms with Crippen LogP contribution in [0.3, 0.4) is 0 Å². The number of nitrogens with zero attached hydrogens (tertiary/aromatic N) is 4. The lowest BCUT2D eigenvalue weighted by molar-refractivity contribution is 0.0943. The second-order valence-electron chi connectivity index (χ2n) is 5.48. The summed E-state index contributed by atoms with van der Waals surface area (Å²) in [6, 6.07) is 12.8. The summed E-state index contributed by atoms with van der Waals surface area (Å²) in [7, 11) is 0. The molecule has 0 aliphatic heterocycles. The van der Waals surface area contributed by atoms with Gasteiger partial charge in [0, 0.05) is 17.2 Å². The van der Waals surface area contributed by atoms with Crippen molar-refractivity contribution in [3.05, 3.63) is 53.9 Å². The number of hydrogen-bond donors (Lipinski definition) is 1. The summed E-state index contributed by atoms with van der Waals surface area (Å²) in [5.74, 6) is -0.152. The Kier molecular flexibility index (Phi) is 3.77. The molecule has 0 unspecified atom stereocenters. The van der Waals surface area contributed by atoms with Crippen molar-refractivity contribution in [1.29, 1.82) is 5.26 Å². The Labute approximate surface area is 133 Å². The molecule has 3 aromatic rings. The van der Waals surface area contributed by atoms with E-state index >= 15 is 0 Å². The molecule has 6 heteroatoms. The first-order valence-corrected chi connectivity index (χ1v) is 7.23. The maximum absolute atomic E-state index is 12.3. The van der Waals surface area contributed by atoms with Gasteiger partial charge in [0.05, 0.1) is 17.3 Å². The lowest BCUT2D eigenvalue weighted by atomic mass is 10.1. The van der Waals surface area contributed by atoms with E-state index in [1.165, 1.54) is 6.33 Å². The van der Waals surface area contributed by atoms with Gasteiger partial charge in [-0.3, -0.25) is 4.79 Å². The van der Waals surface area contributed by atoms with E-state index in [0.29, 0.717) is 16.8 Å². The van der Waals surface area contributed by atoms with Crippen molar-refractivity contribution in [3.63, 3.8) is 0 Å². The number of benzene rings is 1. The lowest BCUT2D eigenvalue weighted by Gasteiger charge is -2.11. The zero-order valence-corrected chi connectivity index (χ0v) is 12.8. The first kappa shape index (κ1) is 14.7. The summed E-state index contributed by atoms with van der Waals surface area (Å²) < 4.78 is 1.67. The highest BCUT2D eigenvalue weighted by Crippen LogP contribution is 2.22. The first-order chi connectivity index (χ1) is 11.1. The van der Waals surface area contributed by atoms with Gasteiger partial charge in [0.1, 0.15) is 6.33 Å². The van der Waals surface area contributed by atoms with Crippen molar-refractivity contribution < 1.29 is 4.79 Å². The van der Waals surface area contributed by atoms with Gasteiger partial charge < -0.3 is 5.32 Å². The predicted octanol–water partition coefficient (Wildman–Crippen LogP) is 2.41. The predicted molar refractivity (Wildman–Crippen MR) is 85.7 cm³/mol. The fourth-order valence-corrected chi connectivity index (χ4v) is 2.32. The van der Waals surface area contributed by atoms with Crippen molar-refractivity contribution in [2.75, 3.05) is 0 Å². The van der Waals surface area contributed by atoms with Gasteiger partial charge in [-0.15, -0.1) is 0 Å². The Bertz CT molecular complexity index is 903. The van der Waals surface area contributed by atoms with Gasteiger partial charge >= 0.3 is 0 Å². The number of nitrogens with one attached hydrogen (secondary N) is 1. The average molecular weight is 305 g/mol. The van der Waals surface area contributed by atoms with Crippen LogP contribution in [0.25, 0.3) is 16.9 Å². The van der Waals surface area contributed by atoms with Crippen LogP contribution < -0.4 is 5.32 Å². The summed E-state index contributed by atoms with van der Waals surface area (Å²) in [6.45, 7) is 3.82. The Hall–Kier alpha value is -3.20. The van der Waals surface area contributed by atoms with Crippen LogP contribution in [0, 0.1) is 11.3 Å². The molecule has 2 heterocycles. The van der Waals surface area contributed by atoms with Crippen LogP contribution in [-0.4, -0.2) is 26.5 Å². The third-order valence-electron chi connectivity index (χ3n) is 3.37. The number of hydrogen-bond acceptors (Lipinski definition) is 4. The summed E-state index contributed by atoms with van der Waals surface area (Å²) in [4.78, 5) is 16.5. The van der Waals surface area contributed by atoms with E-state index in [2.05, 4.69) is 21.5 Å². The molecule has 0 radical (unpaired) electrons. The molecule has 3 rings (SSSR count). The average Bonchev–Trinajstić information content (AvgIpc) is 3.02. The molecule has 0 bridgehead atoms. The second-order valence-corrected chi connectivity index (χ2v) is 5.48. The number of carbonyl (C=O) groups excluding carboxylic acids is 1. The van der Waals surface area contributed by atoms with E-state index in [0.717, 1.165) is 11.3 Å². The Morgan fingerprint density at radius 1 is 1.26 bits per heavy atom. The Morgan fingerprint density at radius 3 is 2.65 bits per heavy atom. The van der Waals surface area contributed by atoms with Crippen LogP contribution in [0.4, 0.5) is 0 Å². The molecule has 23 heavy (non-hydrogen) atoms. The van der Waals surface area contributed by atoms with E-state index in [-0.39, 0.29) is 11.9 Å². The third kappa shape index (κ3) is 2.90. The molecule has 0 fully saturated rings. The molecular weight excluding hydrogens is 290 g/mol. The van der Waals surface area contributed by atoms with Gasteiger partial charge in [-0.1, -0.05) is 12.1 Å². The van der Waals surface area contributed by atoms with Crippen molar-refractivity contribution in [2.24, 2.45) is 0 Å². The molecule has 0 saturated heterocycles. The summed E-state index contributed by atoms with van der Waals surface area (Å²) in [5, 5.41) is 16.0. The Morgan fingerprint density at radius 2 is 2.00 bits per heavy atom. The van der Waals surface area contributed by atoms with Crippen LogP contribution in [-0.2, 0) is 0 Å². The molecule has 1 amide bonds. The second kappa shape index (κ2) is 5.89. The van der Waals surface area contributed by atoms with Gasteiger partial charge in [-0.05, 0) is 38.1 Å². The van der Waals surface area contributed by atoms with Gasteiger partial charge in [0.15, 0.2) is 5.65 Å². The molecule has 6 nitrogen and oxygen atoms in total. The quantitative estimate of drug-likeness (QED) is 0.805. The fourth-order valence-electron chi connectivity index (χ4n) is 2.32. The van der Waals surface area contributed by atoms with Gasteiger partial charge in [0.2, 0.25) is 0 Å². The number of fused-ring (bicyclic) bond motifs is 1. The van der Waals surface area contributed by atoms with Gasteiger partial charge in [-0.2, -0.15) is 10.4 Å². The molecule has 0 atom stereocenters. The summed E-state index contributed by atoms with van der Waals surface area (Å²) in [5.41, 5.74) is 3.31. The highest BCUT2D eigenvalue weighted by molar-refractivity contribution is 5.96. The number of pyridine rings is 1. The van der Waals surface area contributed by atoms with Gasteiger partial charge in [-0.25, -0.2) is 9.50 Å². The van der Waals surface area contributed by atoms with Crippen molar-refractivity contribution in [2.45, 2.75) is 19.9 Å². The van der Waals surface area contributed by atoms with Crippen LogP contribution >= 0.6 is 0 Å². The molecular formula is C17H15N5O. The van der Waals surface area contributed by atoms with E-state index in [9.17, 15) is 4.79 Å². The molecule has 114 valence electrons. The molecule has 1 aromatic carbocycles. The number of amides is 1. The van der Waals surface area contributed by atoms with E-state index in [4.69, 9.17) is 5.26 Å². The first-order valence-electron chi connectivity index (χ1n) is 7.23. The van der Waals surface area contributed by atoms with Crippen LogP contribution in [0.1, 0.15) is 29.8 Å². The highest BCUT2D eigenvalue weighted by atomic mass is 16.1. The van der Waals surface area contributed by atoms with Crippen molar-refractivity contribution in [3.8, 4) is 17.3 Å². The molecule has 0 aliphatic rings. The molecule has 0 aliphatic carbocycles. The summed E-state index contributed by atoms with van der Waals surface area (Å²) in [6.07, 6.45) is 1.45. The van der Waals surface area contributed by atoms with E-state index in [1.54, 1.807) is 28.8 Å². The SMILES string of the molecule is CC(C)NC(=O)c1cc(-c2ccc(C#N)cc2)n2ncnc2c1. The Balaban J connectivity index is 2.12. The van der Waals surface area contributed by atoms with Crippen molar-refractivity contribution in [1.82, 2.24) is 19.9 Å². The zero-order valence-electron chi connectivity index (χ0n) is 12.8. The van der Waals surface area contributed by atoms with E-state index < -0.39 is 0 Å². The van der Waals surface area contributed by atoms with Gasteiger partial charge in [0.25, 0.3) is 5.91 Å². The standard InChI is InChI=1S/C17H15N5O/c1-11(2)21-17(23)14-7-15(22-16(8-14)19-10-20-22)13-5-3-12(9-18)4-6-13/h3-8,10-11H,1-2H3,(H,21,23). The fraction of sp³-hybridized carbons (Fsp3) is 0.176. The molecule has 0 saturated carbocycles.